The molecule has 1 aliphatic rings. The third-order valence-electron chi connectivity index (χ3n) is 4.55. The SMILES string of the molecule is COc1cccc(CN2CCC(Nc3ccc4nnnn4n3)CC2)c1. The van der Waals surface area contributed by atoms with Crippen LogP contribution in [0.4, 0.5) is 5.82 Å². The van der Waals surface area contributed by atoms with Crippen LogP contribution in [0.1, 0.15) is 18.4 Å². The summed E-state index contributed by atoms with van der Waals surface area (Å²) in [5.74, 6) is 1.73. The fourth-order valence-electron chi connectivity index (χ4n) is 3.20. The summed E-state index contributed by atoms with van der Waals surface area (Å²) in [6, 6.07) is 12.5. The molecule has 0 spiro atoms. The van der Waals surface area contributed by atoms with Gasteiger partial charge in [-0.05, 0) is 53.1 Å². The minimum Gasteiger partial charge on any atom is -0.497 e. The largest absolute Gasteiger partial charge is 0.497 e. The van der Waals surface area contributed by atoms with Crippen LogP contribution < -0.4 is 10.1 Å². The Bertz CT molecular complexity index is 842. The van der Waals surface area contributed by atoms with Crippen LogP contribution >= 0.6 is 0 Å². The molecule has 1 aliphatic heterocycles. The Morgan fingerprint density at radius 2 is 2.08 bits per heavy atom. The number of fused-ring (bicyclic) bond motifs is 1. The predicted molar refractivity (Wildman–Crippen MR) is 93.5 cm³/mol. The Morgan fingerprint density at radius 3 is 2.92 bits per heavy atom. The number of nitrogens with zero attached hydrogens (tertiary/aromatic N) is 6. The van der Waals surface area contributed by atoms with E-state index in [1.54, 1.807) is 7.11 Å². The highest BCUT2D eigenvalue weighted by atomic mass is 16.5. The molecule has 0 radical (unpaired) electrons. The van der Waals surface area contributed by atoms with E-state index in [0.29, 0.717) is 11.7 Å². The normalized spacial score (nSPS) is 16.2. The maximum absolute atomic E-state index is 5.30. The van der Waals surface area contributed by atoms with Crippen molar-refractivity contribution in [2.45, 2.75) is 25.4 Å². The lowest BCUT2D eigenvalue weighted by Crippen LogP contribution is -2.38. The summed E-state index contributed by atoms with van der Waals surface area (Å²) in [6.07, 6.45) is 2.17. The van der Waals surface area contributed by atoms with Crippen molar-refractivity contribution in [3.05, 3.63) is 42.0 Å². The number of benzene rings is 1. The summed E-state index contributed by atoms with van der Waals surface area (Å²) >= 11 is 0. The van der Waals surface area contributed by atoms with Gasteiger partial charge >= 0.3 is 0 Å². The molecule has 0 amide bonds. The number of tetrazole rings is 1. The van der Waals surface area contributed by atoms with Crippen molar-refractivity contribution in [2.24, 2.45) is 0 Å². The van der Waals surface area contributed by atoms with E-state index in [-0.39, 0.29) is 0 Å². The van der Waals surface area contributed by atoms with Gasteiger partial charge in [-0.15, -0.1) is 14.8 Å². The molecule has 3 aromatic rings. The second kappa shape index (κ2) is 7.02. The molecule has 0 atom stereocenters. The third-order valence-corrected chi connectivity index (χ3v) is 4.55. The number of nitrogens with one attached hydrogen (secondary N) is 1. The van der Waals surface area contributed by atoms with Gasteiger partial charge in [-0.2, -0.15) is 0 Å². The molecule has 0 saturated carbocycles. The van der Waals surface area contributed by atoms with Crippen LogP contribution in [0.5, 0.6) is 5.75 Å². The average molecular weight is 339 g/mol. The highest BCUT2D eigenvalue weighted by Crippen LogP contribution is 2.19. The molecule has 8 heteroatoms. The van der Waals surface area contributed by atoms with Gasteiger partial charge in [0, 0.05) is 25.7 Å². The molecule has 0 aliphatic carbocycles. The first kappa shape index (κ1) is 15.8. The van der Waals surface area contributed by atoms with Gasteiger partial charge in [0.2, 0.25) is 0 Å². The molecule has 25 heavy (non-hydrogen) atoms. The topological polar surface area (TPSA) is 80.5 Å². The number of hydrogen-bond donors (Lipinski definition) is 1. The monoisotopic (exact) mass is 339 g/mol. The van der Waals surface area contributed by atoms with Gasteiger partial charge in [-0.3, -0.25) is 4.90 Å². The van der Waals surface area contributed by atoms with Gasteiger partial charge in [0.05, 0.1) is 7.11 Å². The van der Waals surface area contributed by atoms with Gasteiger partial charge in [0.25, 0.3) is 0 Å². The molecule has 130 valence electrons. The molecule has 1 fully saturated rings. The van der Waals surface area contributed by atoms with Gasteiger partial charge < -0.3 is 10.1 Å². The van der Waals surface area contributed by atoms with E-state index in [4.69, 9.17) is 4.74 Å². The number of likely N-dealkylation sites (tertiary alicyclic amines) is 1. The molecule has 0 unspecified atom stereocenters. The summed E-state index contributed by atoms with van der Waals surface area (Å²) in [7, 11) is 1.71. The number of aromatic nitrogens is 5. The van der Waals surface area contributed by atoms with E-state index >= 15 is 0 Å². The number of ether oxygens (including phenoxy) is 1. The van der Waals surface area contributed by atoms with Crippen LogP contribution in [-0.2, 0) is 6.54 Å². The first-order chi connectivity index (χ1) is 12.3. The maximum atomic E-state index is 5.30. The van der Waals surface area contributed by atoms with E-state index in [1.807, 2.05) is 24.3 Å². The van der Waals surface area contributed by atoms with Crippen molar-refractivity contribution in [3.63, 3.8) is 0 Å². The first-order valence-corrected chi connectivity index (χ1v) is 8.47. The van der Waals surface area contributed by atoms with Crippen molar-refractivity contribution in [3.8, 4) is 5.75 Å². The Morgan fingerprint density at radius 1 is 1.20 bits per heavy atom. The van der Waals surface area contributed by atoms with Crippen LogP contribution in [0.3, 0.4) is 0 Å². The summed E-state index contributed by atoms with van der Waals surface area (Å²) in [4.78, 5) is 2.48. The third kappa shape index (κ3) is 3.69. The Labute approximate surface area is 145 Å². The second-order valence-corrected chi connectivity index (χ2v) is 6.29. The van der Waals surface area contributed by atoms with Crippen LogP contribution in [0.25, 0.3) is 5.65 Å². The lowest BCUT2D eigenvalue weighted by molar-refractivity contribution is 0.211. The Kier molecular flexibility index (Phi) is 4.43. The van der Waals surface area contributed by atoms with Gasteiger partial charge in [0.15, 0.2) is 5.65 Å². The van der Waals surface area contributed by atoms with Crippen molar-refractivity contribution in [1.29, 1.82) is 0 Å². The van der Waals surface area contributed by atoms with Crippen molar-refractivity contribution < 1.29 is 4.74 Å². The molecular formula is C17H21N7O. The molecule has 0 bridgehead atoms. The fourth-order valence-corrected chi connectivity index (χ4v) is 3.20. The zero-order chi connectivity index (χ0) is 17.1. The van der Waals surface area contributed by atoms with Crippen LogP contribution in [0.2, 0.25) is 0 Å². The van der Waals surface area contributed by atoms with Crippen molar-refractivity contribution in [2.75, 3.05) is 25.5 Å². The predicted octanol–water partition coefficient (Wildman–Crippen LogP) is 1.60. The number of piperidine rings is 1. The average Bonchev–Trinajstić information content (AvgIpc) is 3.11. The zero-order valence-corrected chi connectivity index (χ0v) is 14.2. The standard InChI is InChI=1S/C17H21N7O/c1-25-15-4-2-3-13(11-15)12-23-9-7-14(8-10-23)18-16-5-6-17-19-21-22-24(17)20-16/h2-6,11,14H,7-10,12H2,1H3,(H,18,20). The van der Waals surface area contributed by atoms with E-state index in [0.717, 1.165) is 44.0 Å². The summed E-state index contributed by atoms with van der Waals surface area (Å²) in [6.45, 7) is 3.07. The molecule has 1 aromatic carbocycles. The first-order valence-electron chi connectivity index (χ1n) is 8.47. The molecule has 8 nitrogen and oxygen atoms in total. The number of hydrogen-bond acceptors (Lipinski definition) is 7. The van der Waals surface area contributed by atoms with Crippen LogP contribution in [0, 0.1) is 0 Å². The summed E-state index contributed by atoms with van der Waals surface area (Å²) in [5, 5.41) is 19.2. The minimum absolute atomic E-state index is 0.419. The molecule has 1 saturated heterocycles. The van der Waals surface area contributed by atoms with Crippen molar-refractivity contribution in [1.82, 2.24) is 30.2 Å². The highest BCUT2D eigenvalue weighted by molar-refractivity contribution is 5.42. The minimum atomic E-state index is 0.419. The summed E-state index contributed by atoms with van der Waals surface area (Å²) < 4.78 is 6.75. The molecule has 1 N–H and O–H groups in total. The van der Waals surface area contributed by atoms with E-state index in [1.165, 1.54) is 10.2 Å². The van der Waals surface area contributed by atoms with E-state index in [2.05, 4.69) is 43.0 Å². The Balaban J connectivity index is 1.31. The number of anilines is 1. The highest BCUT2D eigenvalue weighted by Gasteiger charge is 2.19. The number of rotatable bonds is 5. The molecule has 2 aromatic heterocycles. The fraction of sp³-hybridized carbons (Fsp3) is 0.412. The van der Waals surface area contributed by atoms with E-state index in [9.17, 15) is 0 Å². The lowest BCUT2D eigenvalue weighted by Gasteiger charge is -2.32. The quantitative estimate of drug-likeness (QED) is 0.756. The van der Waals surface area contributed by atoms with Gasteiger partial charge in [0.1, 0.15) is 11.6 Å². The molecular weight excluding hydrogens is 318 g/mol. The molecule has 3 heterocycles. The smallest absolute Gasteiger partial charge is 0.200 e. The van der Waals surface area contributed by atoms with Crippen LogP contribution in [0.15, 0.2) is 36.4 Å². The second-order valence-electron chi connectivity index (χ2n) is 6.29. The molecule has 4 rings (SSSR count). The maximum Gasteiger partial charge on any atom is 0.200 e. The van der Waals surface area contributed by atoms with Gasteiger partial charge in [-0.25, -0.2) is 0 Å². The lowest BCUT2D eigenvalue weighted by atomic mass is 10.0. The number of methoxy groups -OCH3 is 1. The van der Waals surface area contributed by atoms with Gasteiger partial charge in [-0.1, -0.05) is 12.1 Å². The summed E-state index contributed by atoms with van der Waals surface area (Å²) in [5.41, 5.74) is 1.94. The van der Waals surface area contributed by atoms with Crippen molar-refractivity contribution >= 4 is 11.5 Å². The zero-order valence-electron chi connectivity index (χ0n) is 14.2. The van der Waals surface area contributed by atoms with Crippen LogP contribution in [-0.4, -0.2) is 56.4 Å². The Hall–Kier alpha value is -2.74. The van der Waals surface area contributed by atoms with E-state index < -0.39 is 0 Å².